The van der Waals surface area contributed by atoms with Crippen molar-refractivity contribution >= 4 is 5.97 Å². The van der Waals surface area contributed by atoms with Gasteiger partial charge in [-0.2, -0.15) is 4.98 Å². The van der Waals surface area contributed by atoms with Crippen molar-refractivity contribution in [2.75, 3.05) is 6.61 Å². The molecule has 0 aromatic carbocycles. The van der Waals surface area contributed by atoms with Crippen LogP contribution in [0.1, 0.15) is 64.6 Å². The molecule has 6 nitrogen and oxygen atoms in total. The van der Waals surface area contributed by atoms with Gasteiger partial charge in [0.2, 0.25) is 5.89 Å². The van der Waals surface area contributed by atoms with Gasteiger partial charge in [-0.15, -0.1) is 0 Å². The van der Waals surface area contributed by atoms with E-state index < -0.39 is 5.54 Å². The van der Waals surface area contributed by atoms with Gasteiger partial charge in [-0.05, 0) is 38.0 Å². The first-order chi connectivity index (χ1) is 9.85. The summed E-state index contributed by atoms with van der Waals surface area (Å²) in [7, 11) is 0. The summed E-state index contributed by atoms with van der Waals surface area (Å²) in [6.07, 6.45) is 4.47. The standard InChI is InChI=1S/C15H25N3O3/c1-4-20-12(19)6-5-11-17-13(18-21-11)15(16)9-7-14(2,3)8-10-15/h4-10,16H2,1-3H3. The molecule has 2 N–H and O–H groups in total. The lowest BCUT2D eigenvalue weighted by atomic mass is 9.69. The molecule has 6 heteroatoms. The molecular weight excluding hydrogens is 270 g/mol. The predicted molar refractivity (Wildman–Crippen MR) is 77.4 cm³/mol. The van der Waals surface area contributed by atoms with Gasteiger partial charge in [-0.3, -0.25) is 4.79 Å². The van der Waals surface area contributed by atoms with Crippen LogP contribution in [0.5, 0.6) is 0 Å². The summed E-state index contributed by atoms with van der Waals surface area (Å²) >= 11 is 0. The molecule has 1 heterocycles. The van der Waals surface area contributed by atoms with Crippen molar-refractivity contribution in [2.45, 2.75) is 64.8 Å². The third-order valence-corrected chi connectivity index (χ3v) is 4.26. The molecule has 0 saturated heterocycles. The fraction of sp³-hybridized carbons (Fsp3) is 0.800. The second kappa shape index (κ2) is 6.13. The number of aromatic nitrogens is 2. The van der Waals surface area contributed by atoms with Gasteiger partial charge in [0.1, 0.15) is 0 Å². The van der Waals surface area contributed by atoms with E-state index in [1.165, 1.54) is 0 Å². The highest BCUT2D eigenvalue weighted by atomic mass is 16.5. The van der Waals surface area contributed by atoms with Crippen molar-refractivity contribution in [1.29, 1.82) is 0 Å². The van der Waals surface area contributed by atoms with E-state index in [1.807, 2.05) is 0 Å². The first kappa shape index (κ1) is 15.9. The molecule has 118 valence electrons. The van der Waals surface area contributed by atoms with E-state index in [1.54, 1.807) is 6.92 Å². The van der Waals surface area contributed by atoms with Crippen molar-refractivity contribution in [3.8, 4) is 0 Å². The van der Waals surface area contributed by atoms with Crippen LogP contribution in [0.2, 0.25) is 0 Å². The Kier molecular flexibility index (Phi) is 4.66. The number of nitrogens with zero attached hydrogens (tertiary/aromatic N) is 2. The third-order valence-electron chi connectivity index (χ3n) is 4.26. The Hall–Kier alpha value is -1.43. The van der Waals surface area contributed by atoms with Crippen molar-refractivity contribution in [2.24, 2.45) is 11.1 Å². The summed E-state index contributed by atoms with van der Waals surface area (Å²) < 4.78 is 10.1. The fourth-order valence-electron chi connectivity index (χ4n) is 2.60. The Labute approximate surface area is 125 Å². The maximum atomic E-state index is 11.3. The third kappa shape index (κ3) is 4.03. The number of hydrogen-bond acceptors (Lipinski definition) is 6. The van der Waals surface area contributed by atoms with Crippen molar-refractivity contribution in [3.05, 3.63) is 11.7 Å². The minimum absolute atomic E-state index is 0.250. The summed E-state index contributed by atoms with van der Waals surface area (Å²) in [5, 5.41) is 4.02. The van der Waals surface area contributed by atoms with Crippen LogP contribution in [0.15, 0.2) is 4.52 Å². The molecule has 1 saturated carbocycles. The largest absolute Gasteiger partial charge is 0.466 e. The number of ether oxygens (including phenoxy) is 1. The second-order valence-corrected chi connectivity index (χ2v) is 6.64. The zero-order valence-corrected chi connectivity index (χ0v) is 13.1. The average molecular weight is 295 g/mol. The van der Waals surface area contributed by atoms with E-state index in [9.17, 15) is 4.79 Å². The summed E-state index contributed by atoms with van der Waals surface area (Å²) in [4.78, 5) is 15.7. The fourth-order valence-corrected chi connectivity index (χ4v) is 2.60. The van der Waals surface area contributed by atoms with Gasteiger partial charge in [0.05, 0.1) is 18.6 Å². The van der Waals surface area contributed by atoms with E-state index in [-0.39, 0.29) is 12.4 Å². The van der Waals surface area contributed by atoms with E-state index >= 15 is 0 Å². The van der Waals surface area contributed by atoms with Crippen molar-refractivity contribution in [3.63, 3.8) is 0 Å². The molecule has 0 bridgehead atoms. The smallest absolute Gasteiger partial charge is 0.306 e. The molecule has 21 heavy (non-hydrogen) atoms. The second-order valence-electron chi connectivity index (χ2n) is 6.64. The maximum Gasteiger partial charge on any atom is 0.306 e. The van der Waals surface area contributed by atoms with Crippen LogP contribution in [0, 0.1) is 5.41 Å². The Morgan fingerprint density at radius 3 is 2.62 bits per heavy atom. The first-order valence-corrected chi connectivity index (χ1v) is 7.62. The number of esters is 1. The van der Waals surface area contributed by atoms with Crippen LogP contribution < -0.4 is 5.73 Å². The number of hydrogen-bond donors (Lipinski definition) is 1. The van der Waals surface area contributed by atoms with Gasteiger partial charge < -0.3 is 15.0 Å². The Morgan fingerprint density at radius 2 is 2.00 bits per heavy atom. The van der Waals surface area contributed by atoms with E-state index in [4.69, 9.17) is 15.0 Å². The number of carbonyl (C=O) groups excluding carboxylic acids is 1. The topological polar surface area (TPSA) is 91.2 Å². The monoisotopic (exact) mass is 295 g/mol. The van der Waals surface area contributed by atoms with E-state index in [0.29, 0.717) is 30.2 Å². The zero-order valence-electron chi connectivity index (χ0n) is 13.1. The highest BCUT2D eigenvalue weighted by Gasteiger charge is 2.39. The predicted octanol–water partition coefficient (Wildman–Crippen LogP) is 2.32. The van der Waals surface area contributed by atoms with E-state index in [2.05, 4.69) is 24.0 Å². The number of rotatable bonds is 5. The van der Waals surface area contributed by atoms with Gasteiger partial charge >= 0.3 is 5.97 Å². The molecule has 1 fully saturated rings. The molecule has 0 radical (unpaired) electrons. The van der Waals surface area contributed by atoms with Crippen LogP contribution in [-0.4, -0.2) is 22.7 Å². The van der Waals surface area contributed by atoms with Crippen LogP contribution >= 0.6 is 0 Å². The number of aryl methyl sites for hydroxylation is 1. The molecule has 2 rings (SSSR count). The summed E-state index contributed by atoms with van der Waals surface area (Å²) in [5.41, 5.74) is 6.28. The highest BCUT2D eigenvalue weighted by Crippen LogP contribution is 2.42. The number of nitrogens with two attached hydrogens (primary N) is 1. The van der Waals surface area contributed by atoms with Crippen LogP contribution in [0.4, 0.5) is 0 Å². The van der Waals surface area contributed by atoms with Gasteiger partial charge in [-0.25, -0.2) is 0 Å². The van der Waals surface area contributed by atoms with Crippen molar-refractivity contribution < 1.29 is 14.1 Å². The zero-order chi connectivity index (χ0) is 15.5. The summed E-state index contributed by atoms with van der Waals surface area (Å²) in [6.45, 7) is 6.68. The van der Waals surface area contributed by atoms with Gasteiger partial charge in [0.25, 0.3) is 0 Å². The summed E-state index contributed by atoms with van der Waals surface area (Å²) in [6, 6.07) is 0. The van der Waals surface area contributed by atoms with Gasteiger partial charge in [-0.1, -0.05) is 19.0 Å². The molecule has 0 spiro atoms. The first-order valence-electron chi connectivity index (χ1n) is 7.62. The SMILES string of the molecule is CCOC(=O)CCc1nc(C2(N)CCC(C)(C)CC2)no1. The Bertz CT molecular complexity index is 486. The molecule has 0 atom stereocenters. The maximum absolute atomic E-state index is 11.3. The average Bonchev–Trinajstić information content (AvgIpc) is 2.90. The molecule has 0 aliphatic heterocycles. The molecule has 0 amide bonds. The quantitative estimate of drug-likeness (QED) is 0.838. The van der Waals surface area contributed by atoms with Gasteiger partial charge in [0.15, 0.2) is 5.82 Å². The lowest BCUT2D eigenvalue weighted by Gasteiger charge is -2.39. The normalized spacial score (nSPS) is 20.2. The molecule has 0 unspecified atom stereocenters. The van der Waals surface area contributed by atoms with Crippen LogP contribution in [0.25, 0.3) is 0 Å². The molecule has 1 aromatic rings. The Morgan fingerprint density at radius 1 is 1.33 bits per heavy atom. The van der Waals surface area contributed by atoms with Gasteiger partial charge in [0, 0.05) is 6.42 Å². The molecular formula is C15H25N3O3. The molecule has 1 aliphatic carbocycles. The van der Waals surface area contributed by atoms with Crippen LogP contribution in [-0.2, 0) is 21.5 Å². The van der Waals surface area contributed by atoms with Crippen LogP contribution in [0.3, 0.4) is 0 Å². The minimum atomic E-state index is -0.499. The summed E-state index contributed by atoms with van der Waals surface area (Å²) in [5.74, 6) is 0.767. The number of carbonyl (C=O) groups is 1. The molecule has 1 aromatic heterocycles. The Balaban J connectivity index is 1.95. The van der Waals surface area contributed by atoms with Crippen molar-refractivity contribution in [1.82, 2.24) is 10.1 Å². The lowest BCUT2D eigenvalue weighted by Crippen LogP contribution is -2.43. The lowest BCUT2D eigenvalue weighted by molar-refractivity contribution is -0.143. The highest BCUT2D eigenvalue weighted by molar-refractivity contribution is 5.69. The minimum Gasteiger partial charge on any atom is -0.466 e. The molecule has 1 aliphatic rings. The van der Waals surface area contributed by atoms with E-state index in [0.717, 1.165) is 25.7 Å².